The molecule has 0 aliphatic carbocycles. The van der Waals surface area contributed by atoms with Crippen molar-refractivity contribution in [2.45, 2.75) is 26.4 Å². The number of rotatable bonds is 8. The van der Waals surface area contributed by atoms with Crippen molar-refractivity contribution in [1.82, 2.24) is 10.3 Å². The minimum atomic E-state index is -0.0657. The van der Waals surface area contributed by atoms with Crippen molar-refractivity contribution in [3.63, 3.8) is 0 Å². The van der Waals surface area contributed by atoms with E-state index in [-0.39, 0.29) is 18.2 Å². The molecule has 3 aromatic carbocycles. The van der Waals surface area contributed by atoms with Gasteiger partial charge in [0.05, 0.1) is 13.0 Å². The summed E-state index contributed by atoms with van der Waals surface area (Å²) >= 11 is 0. The molecule has 1 aromatic heterocycles. The minimum absolute atomic E-state index is 0.0542. The zero-order valence-electron chi connectivity index (χ0n) is 19.1. The lowest BCUT2D eigenvalue weighted by atomic mass is 10.1. The quantitative estimate of drug-likeness (QED) is 0.407. The van der Waals surface area contributed by atoms with Crippen molar-refractivity contribution >= 4 is 17.5 Å². The van der Waals surface area contributed by atoms with Crippen molar-refractivity contribution in [1.29, 1.82) is 0 Å². The molecule has 2 amide bonds. The number of pyridine rings is 1. The Balaban J connectivity index is 1.48. The van der Waals surface area contributed by atoms with E-state index in [0.717, 1.165) is 22.4 Å². The van der Waals surface area contributed by atoms with Crippen molar-refractivity contribution in [2.75, 3.05) is 4.90 Å². The predicted octanol–water partition coefficient (Wildman–Crippen LogP) is 5.10. The van der Waals surface area contributed by atoms with Crippen LogP contribution >= 0.6 is 0 Å². The first kappa shape index (κ1) is 22.9. The van der Waals surface area contributed by atoms with Crippen LogP contribution in [0.15, 0.2) is 103 Å². The first-order valence-electron chi connectivity index (χ1n) is 11.3. The number of hydrogen-bond donors (Lipinski definition) is 1. The molecule has 0 saturated heterocycles. The third kappa shape index (κ3) is 6.17. The topological polar surface area (TPSA) is 62.3 Å². The number of hydrogen-bond acceptors (Lipinski definition) is 3. The van der Waals surface area contributed by atoms with Crippen LogP contribution in [0.2, 0.25) is 0 Å². The van der Waals surface area contributed by atoms with Crippen molar-refractivity contribution in [3.05, 3.63) is 131 Å². The van der Waals surface area contributed by atoms with E-state index in [2.05, 4.69) is 10.3 Å². The maximum Gasteiger partial charge on any atom is 0.258 e. The second kappa shape index (κ2) is 11.1. The molecule has 0 radical (unpaired) electrons. The Morgan fingerprint density at radius 2 is 1.41 bits per heavy atom. The van der Waals surface area contributed by atoms with Gasteiger partial charge < -0.3 is 10.2 Å². The smallest absolute Gasteiger partial charge is 0.258 e. The number of amides is 2. The van der Waals surface area contributed by atoms with E-state index in [4.69, 9.17) is 0 Å². The normalized spacial score (nSPS) is 10.5. The zero-order valence-corrected chi connectivity index (χ0v) is 19.1. The summed E-state index contributed by atoms with van der Waals surface area (Å²) in [6.45, 7) is 2.97. The van der Waals surface area contributed by atoms with E-state index in [0.29, 0.717) is 18.7 Å². The summed E-state index contributed by atoms with van der Waals surface area (Å²) in [4.78, 5) is 31.5. The second-order valence-electron chi connectivity index (χ2n) is 8.22. The van der Waals surface area contributed by atoms with E-state index in [1.807, 2.05) is 97.9 Å². The molecule has 5 nitrogen and oxygen atoms in total. The fourth-order valence-corrected chi connectivity index (χ4v) is 3.64. The summed E-state index contributed by atoms with van der Waals surface area (Å²) < 4.78 is 0. The van der Waals surface area contributed by atoms with Crippen LogP contribution in [-0.4, -0.2) is 16.8 Å². The lowest BCUT2D eigenvalue weighted by molar-refractivity contribution is -0.120. The lowest BCUT2D eigenvalue weighted by Crippen LogP contribution is -2.30. The number of benzene rings is 3. The number of aromatic nitrogens is 1. The lowest BCUT2D eigenvalue weighted by Gasteiger charge is -2.23. The molecule has 0 atom stereocenters. The highest BCUT2D eigenvalue weighted by Gasteiger charge is 2.18. The summed E-state index contributed by atoms with van der Waals surface area (Å²) in [6.07, 6.45) is 3.69. The average Bonchev–Trinajstić information content (AvgIpc) is 2.88. The van der Waals surface area contributed by atoms with Gasteiger partial charge >= 0.3 is 0 Å². The summed E-state index contributed by atoms with van der Waals surface area (Å²) in [6, 6.07) is 28.8. The highest BCUT2D eigenvalue weighted by Crippen LogP contribution is 2.22. The number of carbonyl (C=O) groups excluding carboxylic acids is 2. The van der Waals surface area contributed by atoms with Crippen molar-refractivity contribution < 1.29 is 9.59 Å². The van der Waals surface area contributed by atoms with Gasteiger partial charge in [0, 0.05) is 30.2 Å². The number of nitrogens with one attached hydrogen (secondary N) is 1. The largest absolute Gasteiger partial charge is 0.352 e. The zero-order chi connectivity index (χ0) is 23.8. The minimum Gasteiger partial charge on any atom is -0.352 e. The molecular formula is C29H27N3O2. The first-order chi connectivity index (χ1) is 16.6. The van der Waals surface area contributed by atoms with Crippen molar-refractivity contribution in [3.8, 4) is 0 Å². The summed E-state index contributed by atoms with van der Waals surface area (Å²) in [5, 5.41) is 2.93. The SMILES string of the molecule is Cc1ccc(CN(C(=O)c2ccccc2)c2ccc(CC(=O)NCc3ccncc3)cc2)cc1. The van der Waals surface area contributed by atoms with Gasteiger partial charge in [0.1, 0.15) is 0 Å². The van der Waals surface area contributed by atoms with Crippen molar-refractivity contribution in [2.24, 2.45) is 0 Å². The molecular weight excluding hydrogens is 422 g/mol. The van der Waals surface area contributed by atoms with Crippen LogP contribution < -0.4 is 10.2 Å². The monoisotopic (exact) mass is 449 g/mol. The molecule has 0 saturated carbocycles. The molecule has 0 aliphatic rings. The maximum absolute atomic E-state index is 13.4. The molecule has 170 valence electrons. The van der Waals surface area contributed by atoms with Gasteiger partial charge in [-0.3, -0.25) is 14.6 Å². The molecule has 1 heterocycles. The van der Waals surface area contributed by atoms with Gasteiger partial charge in [-0.2, -0.15) is 0 Å². The van der Waals surface area contributed by atoms with Gasteiger partial charge in [-0.25, -0.2) is 0 Å². The third-order valence-electron chi connectivity index (χ3n) is 5.58. The molecule has 4 aromatic rings. The molecule has 4 rings (SSSR count). The van der Waals surface area contributed by atoms with E-state index >= 15 is 0 Å². The van der Waals surface area contributed by atoms with Crippen LogP contribution in [0.3, 0.4) is 0 Å². The van der Waals surface area contributed by atoms with Gasteiger partial charge in [0.15, 0.2) is 0 Å². The van der Waals surface area contributed by atoms with E-state index in [1.54, 1.807) is 17.3 Å². The molecule has 0 spiro atoms. The van der Waals surface area contributed by atoms with Gasteiger partial charge in [0.2, 0.25) is 5.91 Å². The Morgan fingerprint density at radius 1 is 0.765 bits per heavy atom. The average molecular weight is 450 g/mol. The van der Waals surface area contributed by atoms with Crippen LogP contribution in [-0.2, 0) is 24.3 Å². The van der Waals surface area contributed by atoms with Crippen LogP contribution in [0.4, 0.5) is 5.69 Å². The number of aryl methyl sites for hydroxylation is 1. The van der Waals surface area contributed by atoms with Crippen LogP contribution in [0.25, 0.3) is 0 Å². The fraction of sp³-hybridized carbons (Fsp3) is 0.138. The number of anilines is 1. The summed E-state index contributed by atoms with van der Waals surface area (Å²) in [7, 11) is 0. The van der Waals surface area contributed by atoms with E-state index in [1.165, 1.54) is 5.56 Å². The van der Waals surface area contributed by atoms with Gasteiger partial charge in [0.25, 0.3) is 5.91 Å². The van der Waals surface area contributed by atoms with Crippen LogP contribution in [0.1, 0.15) is 32.6 Å². The highest BCUT2D eigenvalue weighted by atomic mass is 16.2. The third-order valence-corrected chi connectivity index (χ3v) is 5.58. The van der Waals surface area contributed by atoms with Gasteiger partial charge in [-0.05, 0) is 60.0 Å². The molecule has 1 N–H and O–H groups in total. The Kier molecular flexibility index (Phi) is 7.45. The number of carbonyl (C=O) groups is 2. The Morgan fingerprint density at radius 3 is 2.09 bits per heavy atom. The molecule has 34 heavy (non-hydrogen) atoms. The summed E-state index contributed by atoms with van der Waals surface area (Å²) in [5.74, 6) is -0.120. The first-order valence-corrected chi connectivity index (χ1v) is 11.3. The molecule has 0 bridgehead atoms. The van der Waals surface area contributed by atoms with Gasteiger partial charge in [-0.1, -0.05) is 60.2 Å². The predicted molar refractivity (Wildman–Crippen MR) is 134 cm³/mol. The Hall–Kier alpha value is -4.25. The maximum atomic E-state index is 13.4. The standard InChI is InChI=1S/C29H27N3O2/c1-22-7-9-25(10-8-22)21-32(29(34)26-5-3-2-4-6-26)27-13-11-23(12-14-27)19-28(33)31-20-24-15-17-30-18-16-24/h2-18H,19-21H2,1H3,(H,31,33). The van der Waals surface area contributed by atoms with E-state index in [9.17, 15) is 9.59 Å². The molecule has 5 heteroatoms. The number of nitrogens with zero attached hydrogens (tertiary/aromatic N) is 2. The summed E-state index contributed by atoms with van der Waals surface area (Å²) in [5.41, 5.74) is 5.54. The van der Waals surface area contributed by atoms with Crippen LogP contribution in [0.5, 0.6) is 0 Å². The molecule has 0 aliphatic heterocycles. The highest BCUT2D eigenvalue weighted by molar-refractivity contribution is 6.06. The van der Waals surface area contributed by atoms with Crippen LogP contribution in [0, 0.1) is 6.92 Å². The van der Waals surface area contributed by atoms with E-state index < -0.39 is 0 Å². The Labute approximate surface area is 200 Å². The van der Waals surface area contributed by atoms with Gasteiger partial charge in [-0.15, -0.1) is 0 Å². The molecule has 0 fully saturated rings. The second-order valence-corrected chi connectivity index (χ2v) is 8.22. The Bertz CT molecular complexity index is 1220. The molecule has 0 unspecified atom stereocenters. The fourth-order valence-electron chi connectivity index (χ4n) is 3.64.